The summed E-state index contributed by atoms with van der Waals surface area (Å²) in [7, 11) is 0. The maximum atomic E-state index is 13.5. The van der Waals surface area contributed by atoms with Crippen LogP contribution in [-0.4, -0.2) is 29.7 Å². The van der Waals surface area contributed by atoms with Gasteiger partial charge in [0, 0.05) is 11.1 Å². The number of aliphatic imine (C=N–C) groups is 1. The van der Waals surface area contributed by atoms with Gasteiger partial charge < -0.3 is 9.64 Å². The van der Waals surface area contributed by atoms with Crippen LogP contribution in [0.3, 0.4) is 0 Å². The van der Waals surface area contributed by atoms with Gasteiger partial charge in [-0.05, 0) is 81.0 Å². The van der Waals surface area contributed by atoms with E-state index in [4.69, 9.17) is 9.73 Å². The SMILES string of the molecule is CCOC(=O)c1ccc(N=C2C(=O)N3c4c2cc(CC)cc4C(C)CC3(C)C)cc1. The van der Waals surface area contributed by atoms with Crippen LogP contribution in [0.25, 0.3) is 0 Å². The number of amides is 1. The summed E-state index contributed by atoms with van der Waals surface area (Å²) in [6.45, 7) is 10.7. The molecule has 30 heavy (non-hydrogen) atoms. The van der Waals surface area contributed by atoms with E-state index in [0.29, 0.717) is 29.5 Å². The normalized spacial score (nSPS) is 20.4. The summed E-state index contributed by atoms with van der Waals surface area (Å²) in [4.78, 5) is 32.1. The first-order valence-corrected chi connectivity index (χ1v) is 10.6. The van der Waals surface area contributed by atoms with E-state index in [2.05, 4.69) is 39.8 Å². The Labute approximate surface area is 177 Å². The highest BCUT2D eigenvalue weighted by atomic mass is 16.5. The molecule has 0 radical (unpaired) electrons. The molecule has 156 valence electrons. The minimum Gasteiger partial charge on any atom is -0.462 e. The van der Waals surface area contributed by atoms with Crippen molar-refractivity contribution in [2.45, 2.75) is 58.9 Å². The standard InChI is InChI=1S/C25H28N2O3/c1-6-16-12-19-15(3)14-25(4,5)27-22(19)20(13-16)21(23(27)28)26-18-10-8-17(9-11-18)24(29)30-7-2/h8-13,15H,6-7,14H2,1-5H3. The van der Waals surface area contributed by atoms with Crippen LogP contribution < -0.4 is 4.90 Å². The Bertz CT molecular complexity index is 1050. The molecular formula is C25H28N2O3. The molecule has 0 N–H and O–H groups in total. The van der Waals surface area contributed by atoms with Gasteiger partial charge in [-0.25, -0.2) is 9.79 Å². The molecule has 0 saturated carbocycles. The highest BCUT2D eigenvalue weighted by molar-refractivity contribution is 6.55. The van der Waals surface area contributed by atoms with Gasteiger partial charge in [0.15, 0.2) is 0 Å². The van der Waals surface area contributed by atoms with Gasteiger partial charge >= 0.3 is 5.97 Å². The number of carbonyl (C=O) groups excluding carboxylic acids is 2. The van der Waals surface area contributed by atoms with Gasteiger partial charge in [0.25, 0.3) is 5.91 Å². The minimum absolute atomic E-state index is 0.0501. The fourth-order valence-electron chi connectivity index (χ4n) is 4.70. The topological polar surface area (TPSA) is 59.0 Å². The Balaban J connectivity index is 1.82. The lowest BCUT2D eigenvalue weighted by atomic mass is 9.79. The van der Waals surface area contributed by atoms with Crippen molar-refractivity contribution in [3.8, 4) is 0 Å². The summed E-state index contributed by atoms with van der Waals surface area (Å²) < 4.78 is 5.04. The Morgan fingerprint density at radius 2 is 1.90 bits per heavy atom. The molecule has 1 atom stereocenters. The summed E-state index contributed by atoms with van der Waals surface area (Å²) in [6, 6.07) is 11.2. The third-order valence-corrected chi connectivity index (χ3v) is 6.05. The second-order valence-electron chi connectivity index (χ2n) is 8.72. The van der Waals surface area contributed by atoms with Crippen LogP contribution in [0.4, 0.5) is 11.4 Å². The van der Waals surface area contributed by atoms with Gasteiger partial charge in [-0.3, -0.25) is 4.79 Å². The van der Waals surface area contributed by atoms with Crippen LogP contribution >= 0.6 is 0 Å². The smallest absolute Gasteiger partial charge is 0.338 e. The zero-order chi connectivity index (χ0) is 21.6. The number of esters is 1. The number of ether oxygens (including phenoxy) is 1. The molecule has 2 aromatic carbocycles. The zero-order valence-corrected chi connectivity index (χ0v) is 18.3. The number of carbonyl (C=O) groups is 2. The molecule has 5 heteroatoms. The molecule has 0 saturated heterocycles. The van der Waals surface area contributed by atoms with Crippen LogP contribution in [0.15, 0.2) is 41.4 Å². The van der Waals surface area contributed by atoms with Crippen molar-refractivity contribution in [2.24, 2.45) is 4.99 Å². The van der Waals surface area contributed by atoms with E-state index in [0.717, 1.165) is 24.1 Å². The van der Waals surface area contributed by atoms with Gasteiger partial charge in [0.2, 0.25) is 0 Å². The molecule has 2 aromatic rings. The maximum Gasteiger partial charge on any atom is 0.338 e. The molecule has 1 amide bonds. The summed E-state index contributed by atoms with van der Waals surface area (Å²) >= 11 is 0. The van der Waals surface area contributed by atoms with Gasteiger partial charge in [0.1, 0.15) is 5.71 Å². The van der Waals surface area contributed by atoms with Gasteiger partial charge in [0.05, 0.1) is 23.5 Å². The summed E-state index contributed by atoms with van der Waals surface area (Å²) in [6.07, 6.45) is 1.83. The largest absolute Gasteiger partial charge is 0.462 e. The molecule has 1 unspecified atom stereocenters. The first-order valence-electron chi connectivity index (χ1n) is 10.6. The van der Waals surface area contributed by atoms with Crippen LogP contribution in [0.5, 0.6) is 0 Å². The van der Waals surface area contributed by atoms with Crippen molar-refractivity contribution in [3.05, 3.63) is 58.7 Å². The van der Waals surface area contributed by atoms with E-state index in [1.807, 2.05) is 4.90 Å². The Kier molecular flexibility index (Phi) is 5.00. The lowest BCUT2D eigenvalue weighted by Crippen LogP contribution is -2.50. The summed E-state index contributed by atoms with van der Waals surface area (Å²) in [5, 5.41) is 0. The number of anilines is 1. The summed E-state index contributed by atoms with van der Waals surface area (Å²) in [5.41, 5.74) is 5.72. The fraction of sp³-hybridized carbons (Fsp3) is 0.400. The zero-order valence-electron chi connectivity index (χ0n) is 18.3. The van der Waals surface area contributed by atoms with E-state index in [-0.39, 0.29) is 17.4 Å². The average Bonchev–Trinajstić information content (AvgIpc) is 2.99. The third-order valence-electron chi connectivity index (χ3n) is 6.05. The van der Waals surface area contributed by atoms with Gasteiger partial charge in [-0.1, -0.05) is 19.9 Å². The second-order valence-corrected chi connectivity index (χ2v) is 8.72. The Morgan fingerprint density at radius 1 is 1.20 bits per heavy atom. The molecule has 0 aliphatic carbocycles. The molecule has 2 aliphatic heterocycles. The Morgan fingerprint density at radius 3 is 2.53 bits per heavy atom. The van der Waals surface area contributed by atoms with Crippen molar-refractivity contribution in [1.82, 2.24) is 0 Å². The van der Waals surface area contributed by atoms with Crippen LogP contribution in [-0.2, 0) is 16.0 Å². The predicted molar refractivity (Wildman–Crippen MR) is 119 cm³/mol. The molecular weight excluding hydrogens is 376 g/mol. The number of benzene rings is 2. The van der Waals surface area contributed by atoms with Crippen molar-refractivity contribution in [3.63, 3.8) is 0 Å². The molecule has 0 fully saturated rings. The lowest BCUT2D eigenvalue weighted by Gasteiger charge is -2.43. The predicted octanol–water partition coefficient (Wildman–Crippen LogP) is 5.18. The van der Waals surface area contributed by atoms with Crippen LogP contribution in [0.1, 0.15) is 74.0 Å². The van der Waals surface area contributed by atoms with Crippen molar-refractivity contribution >= 4 is 29.0 Å². The van der Waals surface area contributed by atoms with E-state index in [1.54, 1.807) is 31.2 Å². The summed E-state index contributed by atoms with van der Waals surface area (Å²) in [5.74, 6) is -0.0255. The van der Waals surface area contributed by atoms with Gasteiger partial charge in [-0.15, -0.1) is 0 Å². The first-order chi connectivity index (χ1) is 14.3. The van der Waals surface area contributed by atoms with E-state index < -0.39 is 0 Å². The number of rotatable bonds is 4. The fourth-order valence-corrected chi connectivity index (χ4v) is 4.70. The van der Waals surface area contributed by atoms with E-state index >= 15 is 0 Å². The number of hydrogen-bond donors (Lipinski definition) is 0. The van der Waals surface area contributed by atoms with E-state index in [9.17, 15) is 9.59 Å². The van der Waals surface area contributed by atoms with Crippen molar-refractivity contribution < 1.29 is 14.3 Å². The molecule has 0 spiro atoms. The maximum absolute atomic E-state index is 13.5. The monoisotopic (exact) mass is 404 g/mol. The van der Waals surface area contributed by atoms with E-state index in [1.165, 1.54) is 11.1 Å². The highest BCUT2D eigenvalue weighted by Crippen LogP contribution is 2.49. The number of nitrogens with zero attached hydrogens (tertiary/aromatic N) is 2. The third kappa shape index (κ3) is 3.22. The average molecular weight is 405 g/mol. The number of aryl methyl sites for hydroxylation is 1. The van der Waals surface area contributed by atoms with Crippen LogP contribution in [0, 0.1) is 0 Å². The molecule has 0 bridgehead atoms. The molecule has 0 aromatic heterocycles. The highest BCUT2D eigenvalue weighted by Gasteiger charge is 2.48. The molecule has 5 nitrogen and oxygen atoms in total. The Hall–Kier alpha value is -2.95. The second kappa shape index (κ2) is 7.38. The molecule has 2 aliphatic rings. The minimum atomic E-state index is -0.357. The van der Waals surface area contributed by atoms with Crippen LogP contribution in [0.2, 0.25) is 0 Å². The molecule has 2 heterocycles. The first kappa shape index (κ1) is 20.3. The van der Waals surface area contributed by atoms with Crippen molar-refractivity contribution in [1.29, 1.82) is 0 Å². The number of hydrogen-bond acceptors (Lipinski definition) is 4. The lowest BCUT2D eigenvalue weighted by molar-refractivity contribution is -0.113. The van der Waals surface area contributed by atoms with Crippen molar-refractivity contribution in [2.75, 3.05) is 11.5 Å². The van der Waals surface area contributed by atoms with Gasteiger partial charge in [-0.2, -0.15) is 0 Å². The quantitative estimate of drug-likeness (QED) is 0.660. The molecule has 4 rings (SSSR count).